The number of H-pyrrole nitrogens is 1. The highest BCUT2D eigenvalue weighted by Gasteiger charge is 2.47. The van der Waals surface area contributed by atoms with Crippen LogP contribution in [0.4, 0.5) is 17.3 Å². The Balaban J connectivity index is 1.15. The van der Waals surface area contributed by atoms with Gasteiger partial charge in [0.25, 0.3) is 0 Å². The lowest BCUT2D eigenvalue weighted by atomic mass is 9.73. The van der Waals surface area contributed by atoms with Gasteiger partial charge in [-0.1, -0.05) is 6.92 Å². The third-order valence-electron chi connectivity index (χ3n) is 8.87. The summed E-state index contributed by atoms with van der Waals surface area (Å²) in [7, 11) is 1.92. The van der Waals surface area contributed by atoms with Gasteiger partial charge in [0, 0.05) is 55.8 Å². The molecule has 3 atom stereocenters. The molecule has 3 N–H and O–H groups in total. The molecular formula is C27H34N10O. The van der Waals surface area contributed by atoms with Gasteiger partial charge in [-0.15, -0.1) is 0 Å². The summed E-state index contributed by atoms with van der Waals surface area (Å²) in [4.78, 5) is 19.3. The van der Waals surface area contributed by atoms with Crippen LogP contribution in [0.15, 0.2) is 30.7 Å². The van der Waals surface area contributed by atoms with Gasteiger partial charge in [-0.05, 0) is 38.3 Å². The summed E-state index contributed by atoms with van der Waals surface area (Å²) < 4.78 is 7.68. The largest absolute Gasteiger partial charge is 0.376 e. The Hall–Kier alpha value is -3.57. The minimum Gasteiger partial charge on any atom is -0.376 e. The van der Waals surface area contributed by atoms with Crippen LogP contribution in [0.5, 0.6) is 0 Å². The molecule has 0 amide bonds. The van der Waals surface area contributed by atoms with Crippen molar-refractivity contribution in [2.75, 3.05) is 36.0 Å². The van der Waals surface area contributed by atoms with Gasteiger partial charge >= 0.3 is 0 Å². The second-order valence-corrected chi connectivity index (χ2v) is 11.2. The molecule has 4 aromatic rings. The zero-order chi connectivity index (χ0) is 26.0. The second-order valence-electron chi connectivity index (χ2n) is 11.2. The number of anilines is 3. The van der Waals surface area contributed by atoms with Gasteiger partial charge in [-0.3, -0.25) is 14.8 Å². The van der Waals surface area contributed by atoms with Crippen molar-refractivity contribution < 1.29 is 4.74 Å². The zero-order valence-electron chi connectivity index (χ0n) is 22.1. The number of pyridine rings is 1. The van der Waals surface area contributed by atoms with E-state index in [1.54, 1.807) is 4.68 Å². The summed E-state index contributed by atoms with van der Waals surface area (Å²) in [5.74, 6) is 2.02. The molecular weight excluding hydrogens is 480 g/mol. The normalized spacial score (nSPS) is 24.9. The quantitative estimate of drug-likeness (QED) is 0.424. The molecule has 1 spiro atoms. The molecule has 2 saturated heterocycles. The number of nitrogens with one attached hydrogen (secondary N) is 1. The number of piperidine rings is 1. The number of fused-ring (bicyclic) bond motifs is 2. The molecule has 0 saturated carbocycles. The summed E-state index contributed by atoms with van der Waals surface area (Å²) in [6.07, 6.45) is 8.84. The number of rotatable bonds is 3. The van der Waals surface area contributed by atoms with E-state index in [4.69, 9.17) is 25.4 Å². The molecule has 7 rings (SSSR count). The summed E-state index contributed by atoms with van der Waals surface area (Å²) in [5, 5.41) is 12.1. The molecule has 198 valence electrons. The Bertz CT molecular complexity index is 1490. The van der Waals surface area contributed by atoms with Crippen molar-refractivity contribution in [3.8, 4) is 11.3 Å². The topological polar surface area (TPSA) is 127 Å². The number of aromatic nitrogens is 7. The Morgan fingerprint density at radius 1 is 1.11 bits per heavy atom. The van der Waals surface area contributed by atoms with Gasteiger partial charge in [-0.2, -0.15) is 10.2 Å². The third kappa shape index (κ3) is 3.67. The van der Waals surface area contributed by atoms with Crippen LogP contribution in [-0.4, -0.2) is 73.3 Å². The highest BCUT2D eigenvalue weighted by Crippen LogP contribution is 2.43. The first kappa shape index (κ1) is 23.5. The monoisotopic (exact) mass is 514 g/mol. The van der Waals surface area contributed by atoms with E-state index < -0.39 is 0 Å². The molecule has 0 unspecified atom stereocenters. The van der Waals surface area contributed by atoms with E-state index in [-0.39, 0.29) is 17.6 Å². The maximum atomic E-state index is 6.50. The Morgan fingerprint density at radius 3 is 2.68 bits per heavy atom. The second kappa shape index (κ2) is 8.74. The fourth-order valence-electron chi connectivity index (χ4n) is 6.35. The van der Waals surface area contributed by atoms with Crippen LogP contribution in [0.3, 0.4) is 0 Å². The Kier molecular flexibility index (Phi) is 5.41. The molecule has 4 aromatic heterocycles. The van der Waals surface area contributed by atoms with E-state index in [2.05, 4.69) is 51.1 Å². The van der Waals surface area contributed by atoms with Crippen LogP contribution < -0.4 is 15.5 Å². The molecule has 38 heavy (non-hydrogen) atoms. The van der Waals surface area contributed by atoms with Gasteiger partial charge in [0.15, 0.2) is 17.0 Å². The predicted octanol–water partition coefficient (Wildman–Crippen LogP) is 3.13. The van der Waals surface area contributed by atoms with Crippen molar-refractivity contribution in [2.24, 2.45) is 18.2 Å². The molecule has 0 bridgehead atoms. The summed E-state index contributed by atoms with van der Waals surface area (Å²) in [6.45, 7) is 7.71. The summed E-state index contributed by atoms with van der Waals surface area (Å²) >= 11 is 0. The van der Waals surface area contributed by atoms with Crippen molar-refractivity contribution in [1.82, 2.24) is 34.9 Å². The number of ether oxygens (including phenoxy) is 1. The van der Waals surface area contributed by atoms with Crippen LogP contribution in [0.2, 0.25) is 0 Å². The van der Waals surface area contributed by atoms with Crippen LogP contribution in [0, 0.1) is 5.41 Å². The molecule has 3 aliphatic rings. The maximum Gasteiger partial charge on any atom is 0.183 e. The van der Waals surface area contributed by atoms with Crippen LogP contribution in [0.25, 0.3) is 22.4 Å². The lowest BCUT2D eigenvalue weighted by Crippen LogP contribution is -2.50. The molecule has 0 aliphatic carbocycles. The number of aryl methyl sites for hydroxylation is 1. The van der Waals surface area contributed by atoms with Gasteiger partial charge in [0.2, 0.25) is 0 Å². The summed E-state index contributed by atoms with van der Waals surface area (Å²) in [6, 6.07) is 4.30. The molecule has 3 aliphatic heterocycles. The van der Waals surface area contributed by atoms with E-state index in [0.717, 1.165) is 85.3 Å². The average Bonchev–Trinajstić information content (AvgIpc) is 3.64. The smallest absolute Gasteiger partial charge is 0.183 e. The SMILES string of the molecule is C[C@@H]1CCN(c2n[nH]c3nc(N4CCC5(CC4)CO[C@@H](C)[C@H]5N)cnc23)c2ccc(-c3cnn(C)c3)nc21. The number of hydrogen-bond acceptors (Lipinski definition) is 9. The van der Waals surface area contributed by atoms with Gasteiger partial charge < -0.3 is 20.3 Å². The maximum absolute atomic E-state index is 6.50. The van der Waals surface area contributed by atoms with Gasteiger partial charge in [-0.25, -0.2) is 9.97 Å². The molecule has 2 fully saturated rings. The van der Waals surface area contributed by atoms with Crippen molar-refractivity contribution in [2.45, 2.75) is 51.2 Å². The van der Waals surface area contributed by atoms with Crippen LogP contribution in [-0.2, 0) is 11.8 Å². The standard InChI is InChI=1S/C27H34N10O/c1-16-6-9-37(20-5-4-19(31-22(16)20)18-12-30-35(3)14-18)26-23-25(33-34-26)32-21(13-29-23)36-10-7-27(8-11-36)15-38-17(2)24(27)28/h4-5,12-14,16-17,24H,6-11,15,28H2,1-3H3,(H,32,33,34)/t16-,17+,24-/m1/s1. The minimum atomic E-state index is 0.0817. The molecule has 11 nitrogen and oxygen atoms in total. The Morgan fingerprint density at radius 2 is 1.95 bits per heavy atom. The molecule has 11 heteroatoms. The van der Waals surface area contributed by atoms with Gasteiger partial charge in [0.05, 0.1) is 42.2 Å². The average molecular weight is 515 g/mol. The minimum absolute atomic E-state index is 0.0817. The molecule has 7 heterocycles. The number of nitrogens with two attached hydrogens (primary N) is 1. The molecule has 0 aromatic carbocycles. The van der Waals surface area contributed by atoms with E-state index >= 15 is 0 Å². The van der Waals surface area contributed by atoms with Gasteiger partial charge in [0.1, 0.15) is 5.82 Å². The first-order valence-corrected chi connectivity index (χ1v) is 13.5. The fourth-order valence-corrected chi connectivity index (χ4v) is 6.35. The molecule has 0 radical (unpaired) electrons. The van der Waals surface area contributed by atoms with E-state index in [0.29, 0.717) is 11.6 Å². The van der Waals surface area contributed by atoms with Crippen molar-refractivity contribution in [3.05, 3.63) is 36.4 Å². The third-order valence-corrected chi connectivity index (χ3v) is 8.87. The van der Waals surface area contributed by atoms with Crippen LogP contribution in [0.1, 0.15) is 44.7 Å². The number of hydrogen-bond donors (Lipinski definition) is 2. The highest BCUT2D eigenvalue weighted by atomic mass is 16.5. The number of aromatic amines is 1. The fraction of sp³-hybridized carbons (Fsp3) is 0.519. The first-order chi connectivity index (χ1) is 18.4. The first-order valence-electron chi connectivity index (χ1n) is 13.5. The lowest BCUT2D eigenvalue weighted by Gasteiger charge is -2.41. The van der Waals surface area contributed by atoms with Crippen molar-refractivity contribution in [1.29, 1.82) is 0 Å². The summed E-state index contributed by atoms with van der Waals surface area (Å²) in [5.41, 5.74) is 12.2. The predicted molar refractivity (Wildman–Crippen MR) is 145 cm³/mol. The number of nitrogens with zero attached hydrogens (tertiary/aromatic N) is 8. The van der Waals surface area contributed by atoms with E-state index in [1.165, 1.54) is 0 Å². The Labute approximate surface area is 221 Å². The van der Waals surface area contributed by atoms with Crippen molar-refractivity contribution >= 4 is 28.5 Å². The zero-order valence-corrected chi connectivity index (χ0v) is 22.1. The lowest BCUT2D eigenvalue weighted by molar-refractivity contribution is 0.0974. The van der Waals surface area contributed by atoms with Crippen molar-refractivity contribution in [3.63, 3.8) is 0 Å². The highest BCUT2D eigenvalue weighted by molar-refractivity contribution is 5.88. The van der Waals surface area contributed by atoms with Crippen LogP contribution >= 0.6 is 0 Å². The van der Waals surface area contributed by atoms with E-state index in [1.807, 2.05) is 25.6 Å². The van der Waals surface area contributed by atoms with E-state index in [9.17, 15) is 0 Å².